The lowest BCUT2D eigenvalue weighted by molar-refractivity contribution is 0.184. The first-order valence-electron chi connectivity index (χ1n) is 7.72. The van der Waals surface area contributed by atoms with Crippen LogP contribution in [0.2, 0.25) is 0 Å². The van der Waals surface area contributed by atoms with Gasteiger partial charge < -0.3 is 10.2 Å². The molecule has 0 spiro atoms. The molecular formula is C17H26N2. The van der Waals surface area contributed by atoms with Crippen molar-refractivity contribution in [3.8, 4) is 0 Å². The summed E-state index contributed by atoms with van der Waals surface area (Å²) in [5.41, 5.74) is 3.03. The van der Waals surface area contributed by atoms with E-state index in [1.54, 1.807) is 5.56 Å². The van der Waals surface area contributed by atoms with Gasteiger partial charge in [0.2, 0.25) is 0 Å². The summed E-state index contributed by atoms with van der Waals surface area (Å²) in [5, 5.41) is 3.86. The van der Waals surface area contributed by atoms with Crippen molar-refractivity contribution in [3.05, 3.63) is 35.4 Å². The Bertz CT molecular complexity index is 423. The number of likely N-dealkylation sites (N-methyl/N-ethyl adjacent to an activating group) is 1. The maximum absolute atomic E-state index is 3.86. The van der Waals surface area contributed by atoms with E-state index in [0.717, 1.165) is 18.0 Å². The lowest BCUT2D eigenvalue weighted by atomic mass is 9.74. The summed E-state index contributed by atoms with van der Waals surface area (Å²) in [7, 11) is 2.24. The Morgan fingerprint density at radius 1 is 1.16 bits per heavy atom. The number of benzene rings is 1. The fraction of sp³-hybridized carbons (Fsp3) is 0.647. The summed E-state index contributed by atoms with van der Waals surface area (Å²) in [6.45, 7) is 4.74. The maximum Gasteiger partial charge on any atom is 0.0197 e. The molecule has 0 radical (unpaired) electrons. The highest BCUT2D eigenvalue weighted by Gasteiger charge is 2.32. The molecular weight excluding hydrogens is 232 g/mol. The second-order valence-corrected chi connectivity index (χ2v) is 6.49. The van der Waals surface area contributed by atoms with Crippen molar-refractivity contribution < 1.29 is 0 Å². The van der Waals surface area contributed by atoms with Crippen molar-refractivity contribution in [2.75, 3.05) is 20.1 Å². The van der Waals surface area contributed by atoms with E-state index in [1.807, 2.05) is 0 Å². The zero-order chi connectivity index (χ0) is 13.2. The average molecular weight is 258 g/mol. The molecule has 2 heteroatoms. The standard InChI is InChI=1S/C17H26N2/c1-13-6-3-4-8-17(13)14-10-16(11-14)18-15-7-5-9-19(2)12-15/h3-4,6,8,14-16,18H,5,7,9-12H2,1-2H3. The van der Waals surface area contributed by atoms with Crippen LogP contribution in [0, 0.1) is 6.92 Å². The molecule has 1 saturated carbocycles. The largest absolute Gasteiger partial charge is 0.310 e. The molecule has 1 saturated heterocycles. The van der Waals surface area contributed by atoms with Crippen LogP contribution in [0.1, 0.15) is 42.7 Å². The first-order chi connectivity index (χ1) is 9.22. The molecule has 2 nitrogen and oxygen atoms in total. The number of likely N-dealkylation sites (tertiary alicyclic amines) is 1. The van der Waals surface area contributed by atoms with Crippen LogP contribution in [-0.4, -0.2) is 37.1 Å². The van der Waals surface area contributed by atoms with Crippen LogP contribution in [0.5, 0.6) is 0 Å². The number of piperidine rings is 1. The highest BCUT2D eigenvalue weighted by atomic mass is 15.1. The van der Waals surface area contributed by atoms with E-state index in [9.17, 15) is 0 Å². The van der Waals surface area contributed by atoms with Crippen LogP contribution < -0.4 is 5.32 Å². The zero-order valence-corrected chi connectivity index (χ0v) is 12.2. The fourth-order valence-electron chi connectivity index (χ4n) is 3.69. The van der Waals surface area contributed by atoms with E-state index in [-0.39, 0.29) is 0 Å². The minimum atomic E-state index is 0.724. The Morgan fingerprint density at radius 3 is 2.68 bits per heavy atom. The number of hydrogen-bond acceptors (Lipinski definition) is 2. The van der Waals surface area contributed by atoms with E-state index in [2.05, 4.69) is 48.5 Å². The molecule has 1 heterocycles. The van der Waals surface area contributed by atoms with Crippen LogP contribution in [0.4, 0.5) is 0 Å². The highest BCUT2D eigenvalue weighted by Crippen LogP contribution is 2.38. The molecule has 0 aromatic heterocycles. The summed E-state index contributed by atoms with van der Waals surface area (Å²) >= 11 is 0. The van der Waals surface area contributed by atoms with Gasteiger partial charge in [0.15, 0.2) is 0 Å². The minimum Gasteiger partial charge on any atom is -0.310 e. The number of hydrogen-bond donors (Lipinski definition) is 1. The Labute approximate surface area is 117 Å². The third kappa shape index (κ3) is 3.01. The van der Waals surface area contributed by atoms with Crippen LogP contribution >= 0.6 is 0 Å². The van der Waals surface area contributed by atoms with Crippen LogP contribution in [0.25, 0.3) is 0 Å². The number of rotatable bonds is 3. The molecule has 1 aromatic carbocycles. The van der Waals surface area contributed by atoms with Crippen molar-refractivity contribution in [1.82, 2.24) is 10.2 Å². The van der Waals surface area contributed by atoms with E-state index in [0.29, 0.717) is 0 Å². The van der Waals surface area contributed by atoms with Gasteiger partial charge in [-0.2, -0.15) is 0 Å². The lowest BCUT2D eigenvalue weighted by Crippen LogP contribution is -2.51. The topological polar surface area (TPSA) is 15.3 Å². The second-order valence-electron chi connectivity index (χ2n) is 6.49. The van der Waals surface area contributed by atoms with Gasteiger partial charge in [0.25, 0.3) is 0 Å². The molecule has 1 N–H and O–H groups in total. The van der Waals surface area contributed by atoms with E-state index < -0.39 is 0 Å². The first-order valence-corrected chi connectivity index (χ1v) is 7.72. The summed E-state index contributed by atoms with van der Waals surface area (Å²) < 4.78 is 0. The molecule has 19 heavy (non-hydrogen) atoms. The molecule has 0 bridgehead atoms. The number of nitrogens with zero attached hydrogens (tertiary/aromatic N) is 1. The summed E-state index contributed by atoms with van der Waals surface area (Å²) in [5.74, 6) is 0.792. The van der Waals surface area contributed by atoms with E-state index in [1.165, 1.54) is 44.3 Å². The van der Waals surface area contributed by atoms with Crippen molar-refractivity contribution in [2.45, 2.75) is 50.6 Å². The second kappa shape index (κ2) is 5.64. The summed E-state index contributed by atoms with van der Waals surface area (Å²) in [6, 6.07) is 10.4. The predicted molar refractivity (Wildman–Crippen MR) is 80.6 cm³/mol. The van der Waals surface area contributed by atoms with Gasteiger partial charge in [-0.05, 0) is 63.2 Å². The molecule has 2 fully saturated rings. The van der Waals surface area contributed by atoms with Gasteiger partial charge in [-0.15, -0.1) is 0 Å². The quantitative estimate of drug-likeness (QED) is 0.897. The Morgan fingerprint density at radius 2 is 1.95 bits per heavy atom. The smallest absolute Gasteiger partial charge is 0.0197 e. The van der Waals surface area contributed by atoms with Crippen molar-refractivity contribution in [1.29, 1.82) is 0 Å². The summed E-state index contributed by atoms with van der Waals surface area (Å²) in [4.78, 5) is 2.46. The van der Waals surface area contributed by atoms with Crippen molar-refractivity contribution in [3.63, 3.8) is 0 Å². The molecule has 3 rings (SSSR count). The maximum atomic E-state index is 3.86. The predicted octanol–water partition coefficient (Wildman–Crippen LogP) is 2.92. The third-order valence-corrected chi connectivity index (χ3v) is 4.86. The molecule has 1 aliphatic heterocycles. The van der Waals surface area contributed by atoms with Crippen LogP contribution in [-0.2, 0) is 0 Å². The molecule has 1 atom stereocenters. The fourth-order valence-corrected chi connectivity index (χ4v) is 3.69. The van der Waals surface area contributed by atoms with Gasteiger partial charge >= 0.3 is 0 Å². The normalized spacial score (nSPS) is 32.0. The monoisotopic (exact) mass is 258 g/mol. The lowest BCUT2D eigenvalue weighted by Gasteiger charge is -2.41. The highest BCUT2D eigenvalue weighted by molar-refractivity contribution is 5.31. The third-order valence-electron chi connectivity index (χ3n) is 4.86. The molecule has 1 aliphatic carbocycles. The molecule has 104 valence electrons. The van der Waals surface area contributed by atoms with Crippen molar-refractivity contribution in [2.24, 2.45) is 0 Å². The van der Waals surface area contributed by atoms with Gasteiger partial charge in [-0.25, -0.2) is 0 Å². The van der Waals surface area contributed by atoms with Gasteiger partial charge in [0.1, 0.15) is 0 Å². The van der Waals surface area contributed by atoms with E-state index >= 15 is 0 Å². The Balaban J connectivity index is 1.49. The van der Waals surface area contributed by atoms with E-state index in [4.69, 9.17) is 0 Å². The van der Waals surface area contributed by atoms with Crippen LogP contribution in [0.15, 0.2) is 24.3 Å². The van der Waals surface area contributed by atoms with Gasteiger partial charge in [0, 0.05) is 18.6 Å². The Kier molecular flexibility index (Phi) is 3.90. The van der Waals surface area contributed by atoms with Gasteiger partial charge in [-0.1, -0.05) is 24.3 Å². The molecule has 1 aromatic rings. The zero-order valence-electron chi connectivity index (χ0n) is 12.2. The number of aryl methyl sites for hydroxylation is 1. The SMILES string of the molecule is Cc1ccccc1C1CC(NC2CCCN(C)C2)C1. The van der Waals surface area contributed by atoms with Gasteiger partial charge in [0.05, 0.1) is 0 Å². The van der Waals surface area contributed by atoms with Crippen molar-refractivity contribution >= 4 is 0 Å². The summed E-state index contributed by atoms with van der Waals surface area (Å²) in [6.07, 6.45) is 5.36. The first kappa shape index (κ1) is 13.1. The average Bonchev–Trinajstić information content (AvgIpc) is 2.35. The molecule has 0 amide bonds. The minimum absolute atomic E-state index is 0.724. The molecule has 2 aliphatic rings. The van der Waals surface area contributed by atoms with Crippen LogP contribution in [0.3, 0.4) is 0 Å². The van der Waals surface area contributed by atoms with Gasteiger partial charge in [-0.3, -0.25) is 0 Å². The molecule has 1 unspecified atom stereocenters. The Hall–Kier alpha value is -0.860. The number of nitrogens with one attached hydrogen (secondary N) is 1.